The van der Waals surface area contributed by atoms with Gasteiger partial charge in [-0.15, -0.1) is 0 Å². The first kappa shape index (κ1) is 14.1. The summed E-state index contributed by atoms with van der Waals surface area (Å²) in [6, 6.07) is 10.2. The number of anilines is 1. The van der Waals surface area contributed by atoms with Crippen LogP contribution in [-0.2, 0) is 11.2 Å². The van der Waals surface area contributed by atoms with Gasteiger partial charge in [-0.05, 0) is 37.5 Å². The summed E-state index contributed by atoms with van der Waals surface area (Å²) in [7, 11) is 0. The van der Waals surface area contributed by atoms with Gasteiger partial charge in [-0.1, -0.05) is 30.0 Å². The monoisotopic (exact) mass is 299 g/mol. The van der Waals surface area contributed by atoms with E-state index < -0.39 is 0 Å². The first-order valence-corrected chi connectivity index (χ1v) is 8.04. The summed E-state index contributed by atoms with van der Waals surface area (Å²) >= 11 is 1.39. The third-order valence-corrected chi connectivity index (χ3v) is 4.52. The van der Waals surface area contributed by atoms with Crippen molar-refractivity contribution >= 4 is 23.4 Å². The zero-order valence-electron chi connectivity index (χ0n) is 11.9. The number of carbonyl (C=O) groups excluding carboxylic acids is 1. The van der Waals surface area contributed by atoms with E-state index in [9.17, 15) is 4.79 Å². The minimum atomic E-state index is 0.118. The molecule has 0 bridgehead atoms. The smallest absolute Gasteiger partial charge is 0.237 e. The van der Waals surface area contributed by atoms with Crippen LogP contribution in [0.5, 0.6) is 0 Å². The summed E-state index contributed by atoms with van der Waals surface area (Å²) in [4.78, 5) is 22.8. The molecule has 2 aromatic rings. The Bertz CT molecular complexity index is 632. The highest BCUT2D eigenvalue weighted by molar-refractivity contribution is 7.99. The second-order valence-corrected chi connectivity index (χ2v) is 6.04. The standard InChI is InChI=1S/C16H17N3OS/c1-12-7-8-13-5-2-3-6-14(13)19(12)15(20)11-21-16-17-9-4-10-18-16/h2-6,9-10,12H,7-8,11H2,1H3/t12-/m0/s1. The number of aromatic nitrogens is 2. The minimum Gasteiger partial charge on any atom is -0.309 e. The van der Waals surface area contributed by atoms with Crippen molar-refractivity contribution in [3.8, 4) is 0 Å². The molecule has 1 aliphatic heterocycles. The number of amides is 1. The van der Waals surface area contributed by atoms with Crippen molar-refractivity contribution in [3.63, 3.8) is 0 Å². The van der Waals surface area contributed by atoms with E-state index in [-0.39, 0.29) is 11.9 Å². The van der Waals surface area contributed by atoms with Crippen LogP contribution < -0.4 is 4.90 Å². The molecule has 0 fully saturated rings. The van der Waals surface area contributed by atoms with E-state index in [4.69, 9.17) is 0 Å². The molecule has 1 aromatic carbocycles. The van der Waals surface area contributed by atoms with Crippen LogP contribution in [0, 0.1) is 0 Å². The van der Waals surface area contributed by atoms with E-state index in [1.807, 2.05) is 23.1 Å². The predicted octanol–water partition coefficient (Wildman–Crippen LogP) is 2.94. The lowest BCUT2D eigenvalue weighted by Crippen LogP contribution is -2.43. The number of hydrogen-bond donors (Lipinski definition) is 0. The van der Waals surface area contributed by atoms with Gasteiger partial charge in [-0.3, -0.25) is 4.79 Å². The highest BCUT2D eigenvalue weighted by atomic mass is 32.2. The van der Waals surface area contributed by atoms with Gasteiger partial charge < -0.3 is 4.90 Å². The zero-order valence-corrected chi connectivity index (χ0v) is 12.7. The zero-order chi connectivity index (χ0) is 14.7. The number of aryl methyl sites for hydroxylation is 1. The molecule has 1 amide bonds. The molecule has 0 aliphatic carbocycles. The first-order valence-electron chi connectivity index (χ1n) is 7.05. The van der Waals surface area contributed by atoms with Gasteiger partial charge in [0.05, 0.1) is 5.75 Å². The summed E-state index contributed by atoms with van der Waals surface area (Å²) in [5.74, 6) is 0.481. The Morgan fingerprint density at radius 2 is 2.05 bits per heavy atom. The van der Waals surface area contributed by atoms with Gasteiger partial charge in [-0.2, -0.15) is 0 Å². The van der Waals surface area contributed by atoms with Crippen LogP contribution in [0.1, 0.15) is 18.9 Å². The van der Waals surface area contributed by atoms with Gasteiger partial charge in [0.25, 0.3) is 0 Å². The topological polar surface area (TPSA) is 46.1 Å². The Morgan fingerprint density at radius 3 is 2.86 bits per heavy atom. The molecule has 0 radical (unpaired) electrons. The number of thioether (sulfide) groups is 1. The maximum Gasteiger partial charge on any atom is 0.237 e. The van der Waals surface area contributed by atoms with E-state index in [0.29, 0.717) is 10.9 Å². The molecule has 5 heteroatoms. The maximum absolute atomic E-state index is 12.6. The van der Waals surface area contributed by atoms with Crippen molar-refractivity contribution in [1.82, 2.24) is 9.97 Å². The SMILES string of the molecule is C[C@H]1CCc2ccccc2N1C(=O)CSc1ncccn1. The van der Waals surface area contributed by atoms with E-state index in [1.54, 1.807) is 18.5 Å². The predicted molar refractivity (Wildman–Crippen MR) is 84.5 cm³/mol. The van der Waals surface area contributed by atoms with E-state index in [0.717, 1.165) is 18.5 Å². The largest absolute Gasteiger partial charge is 0.309 e. The van der Waals surface area contributed by atoms with Crippen LogP contribution in [0.15, 0.2) is 47.9 Å². The minimum absolute atomic E-state index is 0.118. The molecule has 4 nitrogen and oxygen atoms in total. The highest BCUT2D eigenvalue weighted by Gasteiger charge is 2.27. The Labute approximate surface area is 128 Å². The molecule has 0 N–H and O–H groups in total. The van der Waals surface area contributed by atoms with Crippen molar-refractivity contribution in [2.24, 2.45) is 0 Å². The fourth-order valence-electron chi connectivity index (χ4n) is 2.62. The second-order valence-electron chi connectivity index (χ2n) is 5.10. The lowest BCUT2D eigenvalue weighted by Gasteiger charge is -2.35. The van der Waals surface area contributed by atoms with Crippen molar-refractivity contribution < 1.29 is 4.79 Å². The maximum atomic E-state index is 12.6. The summed E-state index contributed by atoms with van der Waals surface area (Å²) in [6.45, 7) is 2.11. The molecule has 1 aliphatic rings. The molecule has 108 valence electrons. The lowest BCUT2D eigenvalue weighted by molar-refractivity contribution is -0.116. The van der Waals surface area contributed by atoms with Gasteiger partial charge in [-0.25, -0.2) is 9.97 Å². The molecule has 1 atom stereocenters. The average Bonchev–Trinajstić information content (AvgIpc) is 2.53. The fraction of sp³-hybridized carbons (Fsp3) is 0.312. The molecule has 0 unspecified atom stereocenters. The normalized spacial score (nSPS) is 17.4. The molecule has 3 rings (SSSR count). The summed E-state index contributed by atoms with van der Waals surface area (Å²) < 4.78 is 0. The molecule has 2 heterocycles. The molecule has 1 aromatic heterocycles. The Morgan fingerprint density at radius 1 is 1.29 bits per heavy atom. The molecule has 0 spiro atoms. The van der Waals surface area contributed by atoms with Gasteiger partial charge in [0.15, 0.2) is 5.16 Å². The summed E-state index contributed by atoms with van der Waals surface area (Å²) in [6.07, 6.45) is 5.43. The lowest BCUT2D eigenvalue weighted by atomic mass is 9.97. The van der Waals surface area contributed by atoms with Crippen LogP contribution in [0.3, 0.4) is 0 Å². The van der Waals surface area contributed by atoms with Crippen molar-refractivity contribution in [2.45, 2.75) is 31.0 Å². The number of para-hydroxylation sites is 1. The molecule has 21 heavy (non-hydrogen) atoms. The summed E-state index contributed by atoms with van der Waals surface area (Å²) in [5.41, 5.74) is 2.31. The van der Waals surface area contributed by atoms with Crippen LogP contribution in [-0.4, -0.2) is 27.7 Å². The van der Waals surface area contributed by atoms with Gasteiger partial charge in [0.2, 0.25) is 5.91 Å². The molecule has 0 saturated heterocycles. The van der Waals surface area contributed by atoms with Crippen LogP contribution >= 0.6 is 11.8 Å². The van der Waals surface area contributed by atoms with Crippen LogP contribution in [0.4, 0.5) is 5.69 Å². The third-order valence-electron chi connectivity index (χ3n) is 3.66. The summed E-state index contributed by atoms with van der Waals surface area (Å²) in [5, 5.41) is 0.642. The molecule has 0 saturated carbocycles. The van der Waals surface area contributed by atoms with Gasteiger partial charge >= 0.3 is 0 Å². The van der Waals surface area contributed by atoms with E-state index in [2.05, 4.69) is 23.0 Å². The Kier molecular flexibility index (Phi) is 4.20. The number of rotatable bonds is 3. The number of carbonyl (C=O) groups is 1. The number of hydrogen-bond acceptors (Lipinski definition) is 4. The quantitative estimate of drug-likeness (QED) is 0.646. The van der Waals surface area contributed by atoms with Gasteiger partial charge in [0, 0.05) is 24.1 Å². The molecular weight excluding hydrogens is 282 g/mol. The average molecular weight is 299 g/mol. The number of nitrogens with zero attached hydrogens (tertiary/aromatic N) is 3. The van der Waals surface area contributed by atoms with Crippen molar-refractivity contribution in [1.29, 1.82) is 0 Å². The second kappa shape index (κ2) is 6.26. The van der Waals surface area contributed by atoms with Crippen LogP contribution in [0.2, 0.25) is 0 Å². The van der Waals surface area contributed by atoms with Crippen molar-refractivity contribution in [3.05, 3.63) is 48.3 Å². The highest BCUT2D eigenvalue weighted by Crippen LogP contribution is 2.31. The van der Waals surface area contributed by atoms with Crippen molar-refractivity contribution in [2.75, 3.05) is 10.7 Å². The van der Waals surface area contributed by atoms with Crippen LogP contribution in [0.25, 0.3) is 0 Å². The Balaban J connectivity index is 1.75. The van der Waals surface area contributed by atoms with E-state index >= 15 is 0 Å². The first-order chi connectivity index (χ1) is 10.3. The third kappa shape index (κ3) is 3.08. The number of fused-ring (bicyclic) bond motifs is 1. The van der Waals surface area contributed by atoms with Gasteiger partial charge in [0.1, 0.15) is 0 Å². The fourth-order valence-corrected chi connectivity index (χ4v) is 3.29. The van der Waals surface area contributed by atoms with E-state index in [1.165, 1.54) is 17.3 Å². The number of benzene rings is 1. The Hall–Kier alpha value is -1.88. The molecular formula is C16H17N3OS.